The van der Waals surface area contributed by atoms with Gasteiger partial charge in [-0.05, 0) is 37.4 Å². The molecule has 2 saturated heterocycles. The van der Waals surface area contributed by atoms with Crippen LogP contribution in [0, 0.1) is 0 Å². The Bertz CT molecular complexity index is 538. The van der Waals surface area contributed by atoms with E-state index in [4.69, 9.17) is 4.74 Å². The van der Waals surface area contributed by atoms with Crippen LogP contribution in [0.2, 0.25) is 0 Å². The number of amides is 1. The van der Waals surface area contributed by atoms with E-state index in [2.05, 4.69) is 32.2 Å². The van der Waals surface area contributed by atoms with Gasteiger partial charge in [-0.3, -0.25) is 9.69 Å². The fraction of sp³-hybridized carbons (Fsp3) is 0.611. The third-order valence-electron chi connectivity index (χ3n) is 4.82. The zero-order chi connectivity index (χ0) is 16.1. The molecule has 2 heterocycles. The molecule has 23 heavy (non-hydrogen) atoms. The highest BCUT2D eigenvalue weighted by molar-refractivity contribution is 9.10. The number of carbonyl (C=O) groups is 1. The van der Waals surface area contributed by atoms with Crippen molar-refractivity contribution >= 4 is 21.8 Å². The first-order valence-electron chi connectivity index (χ1n) is 8.58. The number of hydrogen-bond acceptors (Lipinski definition) is 3. The Hall–Kier alpha value is -0.910. The van der Waals surface area contributed by atoms with Crippen molar-refractivity contribution in [2.45, 2.75) is 44.2 Å². The average molecular weight is 381 g/mol. The molecule has 4 nitrogen and oxygen atoms in total. The zero-order valence-electron chi connectivity index (χ0n) is 13.5. The van der Waals surface area contributed by atoms with Crippen LogP contribution in [0.25, 0.3) is 0 Å². The standard InChI is InChI=1S/C18H25BrN2O2/c19-17-7-2-1-5-14(17)8-9-18(22)20-11-16-12-21-10-4-3-6-15(21)13-23-16/h1-2,5,7,15-16H,3-4,6,8-13H2,(H,20,22)/t15-,16-/m1/s1. The maximum atomic E-state index is 12.1. The van der Waals surface area contributed by atoms with Gasteiger partial charge in [-0.1, -0.05) is 40.5 Å². The summed E-state index contributed by atoms with van der Waals surface area (Å²) in [5.74, 6) is 0.102. The van der Waals surface area contributed by atoms with E-state index in [0.717, 1.165) is 24.0 Å². The first-order chi connectivity index (χ1) is 11.2. The topological polar surface area (TPSA) is 41.6 Å². The highest BCUT2D eigenvalue weighted by Crippen LogP contribution is 2.22. The molecule has 5 heteroatoms. The number of ether oxygens (including phenoxy) is 1. The van der Waals surface area contributed by atoms with Crippen molar-refractivity contribution in [1.29, 1.82) is 0 Å². The van der Waals surface area contributed by atoms with Crippen molar-refractivity contribution in [3.8, 4) is 0 Å². The van der Waals surface area contributed by atoms with Gasteiger partial charge in [-0.2, -0.15) is 0 Å². The number of aryl methyl sites for hydroxylation is 1. The van der Waals surface area contributed by atoms with Crippen molar-refractivity contribution in [2.24, 2.45) is 0 Å². The molecule has 0 unspecified atom stereocenters. The molecule has 126 valence electrons. The Morgan fingerprint density at radius 1 is 1.35 bits per heavy atom. The first-order valence-corrected chi connectivity index (χ1v) is 9.37. The molecule has 2 aliphatic rings. The van der Waals surface area contributed by atoms with Gasteiger partial charge in [0.05, 0.1) is 12.7 Å². The van der Waals surface area contributed by atoms with Crippen LogP contribution in [0.1, 0.15) is 31.2 Å². The lowest BCUT2D eigenvalue weighted by Crippen LogP contribution is -2.54. The molecule has 1 amide bonds. The second kappa shape index (κ2) is 8.27. The summed E-state index contributed by atoms with van der Waals surface area (Å²) < 4.78 is 6.98. The van der Waals surface area contributed by atoms with Crippen molar-refractivity contribution < 1.29 is 9.53 Å². The number of carbonyl (C=O) groups excluding carboxylic acids is 1. The minimum atomic E-state index is 0.102. The third kappa shape index (κ3) is 4.78. The van der Waals surface area contributed by atoms with Crippen LogP contribution in [0.3, 0.4) is 0 Å². The number of benzene rings is 1. The molecule has 3 rings (SSSR count). The molecule has 0 spiro atoms. The monoisotopic (exact) mass is 380 g/mol. The molecule has 0 saturated carbocycles. The Kier molecular flexibility index (Phi) is 6.08. The SMILES string of the molecule is O=C(CCc1ccccc1Br)NC[C@@H]1CN2CCCC[C@@H]2CO1. The zero-order valence-corrected chi connectivity index (χ0v) is 15.1. The quantitative estimate of drug-likeness (QED) is 0.853. The molecular formula is C18H25BrN2O2. The van der Waals surface area contributed by atoms with Crippen LogP contribution < -0.4 is 5.32 Å². The number of rotatable bonds is 5. The fourth-order valence-electron chi connectivity index (χ4n) is 3.44. The number of piperidine rings is 1. The Balaban J connectivity index is 1.38. The van der Waals surface area contributed by atoms with Crippen LogP contribution in [0.4, 0.5) is 0 Å². The Morgan fingerprint density at radius 2 is 2.22 bits per heavy atom. The number of nitrogens with zero attached hydrogens (tertiary/aromatic N) is 1. The van der Waals surface area contributed by atoms with E-state index in [9.17, 15) is 4.79 Å². The van der Waals surface area contributed by atoms with Crippen LogP contribution >= 0.6 is 15.9 Å². The van der Waals surface area contributed by atoms with Gasteiger partial charge in [-0.15, -0.1) is 0 Å². The van der Waals surface area contributed by atoms with Gasteiger partial charge < -0.3 is 10.1 Å². The number of hydrogen-bond donors (Lipinski definition) is 1. The lowest BCUT2D eigenvalue weighted by molar-refractivity contribution is -0.123. The first kappa shape index (κ1) is 16.9. The number of morpholine rings is 1. The molecule has 0 bridgehead atoms. The van der Waals surface area contributed by atoms with E-state index in [1.54, 1.807) is 0 Å². The predicted octanol–water partition coefficient (Wildman–Crippen LogP) is 2.75. The van der Waals surface area contributed by atoms with E-state index in [-0.39, 0.29) is 12.0 Å². The van der Waals surface area contributed by atoms with Crippen molar-refractivity contribution in [2.75, 3.05) is 26.2 Å². The van der Waals surface area contributed by atoms with E-state index >= 15 is 0 Å². The van der Waals surface area contributed by atoms with Crippen molar-refractivity contribution in [3.05, 3.63) is 34.3 Å². The van der Waals surface area contributed by atoms with Gasteiger partial charge in [0.25, 0.3) is 0 Å². The Morgan fingerprint density at radius 3 is 3.09 bits per heavy atom. The molecule has 1 N–H and O–H groups in total. The minimum Gasteiger partial charge on any atom is -0.373 e. The number of halogens is 1. The highest BCUT2D eigenvalue weighted by Gasteiger charge is 2.30. The van der Waals surface area contributed by atoms with E-state index in [1.807, 2.05) is 18.2 Å². The Labute approximate surface area is 146 Å². The van der Waals surface area contributed by atoms with Crippen LogP contribution in [-0.2, 0) is 16.0 Å². The second-order valence-electron chi connectivity index (χ2n) is 6.50. The summed E-state index contributed by atoms with van der Waals surface area (Å²) >= 11 is 3.52. The molecule has 0 aromatic heterocycles. The van der Waals surface area contributed by atoms with Gasteiger partial charge in [0, 0.05) is 30.0 Å². The summed E-state index contributed by atoms with van der Waals surface area (Å²) in [5, 5.41) is 3.03. The van der Waals surface area contributed by atoms with Gasteiger partial charge >= 0.3 is 0 Å². The number of fused-ring (bicyclic) bond motifs is 1. The molecule has 2 fully saturated rings. The van der Waals surface area contributed by atoms with Crippen LogP contribution in [0.5, 0.6) is 0 Å². The molecule has 1 aromatic carbocycles. The summed E-state index contributed by atoms with van der Waals surface area (Å²) in [6, 6.07) is 8.66. The molecule has 0 aliphatic carbocycles. The lowest BCUT2D eigenvalue weighted by atomic mass is 10.0. The summed E-state index contributed by atoms with van der Waals surface area (Å²) in [6.07, 6.45) is 5.28. The van der Waals surface area contributed by atoms with Crippen molar-refractivity contribution in [3.63, 3.8) is 0 Å². The molecule has 0 radical (unpaired) electrons. The van der Waals surface area contributed by atoms with Crippen LogP contribution in [0.15, 0.2) is 28.7 Å². The average Bonchev–Trinajstić information content (AvgIpc) is 2.59. The summed E-state index contributed by atoms with van der Waals surface area (Å²) in [5.41, 5.74) is 1.17. The summed E-state index contributed by atoms with van der Waals surface area (Å²) in [7, 11) is 0. The highest BCUT2D eigenvalue weighted by atomic mass is 79.9. The number of nitrogens with one attached hydrogen (secondary N) is 1. The van der Waals surface area contributed by atoms with Crippen LogP contribution in [-0.4, -0.2) is 49.2 Å². The lowest BCUT2D eigenvalue weighted by Gasteiger charge is -2.42. The van der Waals surface area contributed by atoms with E-state index in [0.29, 0.717) is 19.0 Å². The molecular weight excluding hydrogens is 356 g/mol. The minimum absolute atomic E-state index is 0.102. The van der Waals surface area contributed by atoms with E-state index < -0.39 is 0 Å². The third-order valence-corrected chi connectivity index (χ3v) is 5.59. The molecule has 2 atom stereocenters. The second-order valence-corrected chi connectivity index (χ2v) is 7.35. The summed E-state index contributed by atoms with van der Waals surface area (Å²) in [6.45, 7) is 3.57. The smallest absolute Gasteiger partial charge is 0.220 e. The largest absolute Gasteiger partial charge is 0.373 e. The van der Waals surface area contributed by atoms with E-state index in [1.165, 1.54) is 31.4 Å². The fourth-order valence-corrected chi connectivity index (χ4v) is 3.92. The molecule has 2 aliphatic heterocycles. The van der Waals surface area contributed by atoms with Gasteiger partial charge in [-0.25, -0.2) is 0 Å². The predicted molar refractivity (Wildman–Crippen MR) is 94.4 cm³/mol. The maximum Gasteiger partial charge on any atom is 0.220 e. The molecule has 1 aromatic rings. The van der Waals surface area contributed by atoms with Crippen molar-refractivity contribution in [1.82, 2.24) is 10.2 Å². The summed E-state index contributed by atoms with van der Waals surface area (Å²) in [4.78, 5) is 14.6. The normalized spacial score (nSPS) is 24.9. The van der Waals surface area contributed by atoms with Gasteiger partial charge in [0.2, 0.25) is 5.91 Å². The van der Waals surface area contributed by atoms with Gasteiger partial charge in [0.15, 0.2) is 0 Å². The van der Waals surface area contributed by atoms with Gasteiger partial charge in [0.1, 0.15) is 0 Å². The maximum absolute atomic E-state index is 12.1.